The van der Waals surface area contributed by atoms with E-state index in [0.717, 1.165) is 22.3 Å². The maximum Gasteiger partial charge on any atom is 0.297 e. The van der Waals surface area contributed by atoms with Crippen LogP contribution in [0.5, 0.6) is 0 Å². The van der Waals surface area contributed by atoms with Gasteiger partial charge in [-0.1, -0.05) is 60.1 Å². The second kappa shape index (κ2) is 8.02. The molecule has 0 radical (unpaired) electrons. The quantitative estimate of drug-likeness (QED) is 0.356. The minimum absolute atomic E-state index is 0.187. The molecule has 0 spiro atoms. The van der Waals surface area contributed by atoms with Crippen LogP contribution in [-0.2, 0) is 7.05 Å². The molecule has 158 valence electrons. The standard InChI is InChI=1S/C26H20ClN3O2/c1-17-25(26(31)30(29(17)2)20-11-7-4-8-12-20)28-22-16-24(18-9-5-3-6-10-18)32-23-14-13-19(27)15-21(22)23/h3-16H,1-2H3. The molecule has 0 unspecified atom stereocenters. The highest BCUT2D eigenvalue weighted by molar-refractivity contribution is 6.31. The van der Waals surface area contributed by atoms with E-state index in [1.807, 2.05) is 97.5 Å². The molecule has 0 aliphatic rings. The third kappa shape index (κ3) is 3.47. The molecule has 2 aromatic heterocycles. The van der Waals surface area contributed by atoms with Crippen LogP contribution in [0.4, 0.5) is 5.69 Å². The maximum atomic E-state index is 13.4. The lowest BCUT2D eigenvalue weighted by Crippen LogP contribution is -2.19. The Morgan fingerprint density at radius 3 is 2.31 bits per heavy atom. The molecule has 2 heterocycles. The van der Waals surface area contributed by atoms with Gasteiger partial charge in [-0.15, -0.1) is 0 Å². The summed E-state index contributed by atoms with van der Waals surface area (Å²) in [7, 11) is 1.85. The van der Waals surface area contributed by atoms with E-state index < -0.39 is 0 Å². The Kier molecular flexibility index (Phi) is 5.04. The van der Waals surface area contributed by atoms with E-state index in [1.165, 1.54) is 0 Å². The number of hydrogen-bond acceptors (Lipinski definition) is 3. The molecule has 0 saturated heterocycles. The lowest BCUT2D eigenvalue weighted by molar-refractivity contribution is 0.618. The van der Waals surface area contributed by atoms with Gasteiger partial charge in [0.15, 0.2) is 5.69 Å². The minimum Gasteiger partial charge on any atom is -0.456 e. The Balaban J connectivity index is 1.81. The number of benzene rings is 3. The predicted octanol–water partition coefficient (Wildman–Crippen LogP) is 5.78. The van der Waals surface area contributed by atoms with Gasteiger partial charge < -0.3 is 4.42 Å². The number of hydrogen-bond donors (Lipinski definition) is 0. The van der Waals surface area contributed by atoms with Gasteiger partial charge in [0.2, 0.25) is 0 Å². The highest BCUT2D eigenvalue weighted by Crippen LogP contribution is 2.25. The van der Waals surface area contributed by atoms with Gasteiger partial charge in [-0.3, -0.25) is 9.48 Å². The lowest BCUT2D eigenvalue weighted by Gasteiger charge is -2.07. The second-order valence-electron chi connectivity index (χ2n) is 7.52. The normalized spacial score (nSPS) is 11.9. The maximum absolute atomic E-state index is 13.4. The van der Waals surface area contributed by atoms with Crippen molar-refractivity contribution in [3.63, 3.8) is 0 Å². The summed E-state index contributed by atoms with van der Waals surface area (Å²) in [6.07, 6.45) is 0. The number of rotatable bonds is 3. The van der Waals surface area contributed by atoms with Crippen molar-refractivity contribution in [3.05, 3.63) is 111 Å². The molecule has 0 aliphatic carbocycles. The molecule has 5 aromatic rings. The van der Waals surface area contributed by atoms with Gasteiger partial charge in [0.05, 0.1) is 16.7 Å². The molecule has 0 bridgehead atoms. The fourth-order valence-electron chi connectivity index (χ4n) is 3.78. The van der Waals surface area contributed by atoms with Crippen LogP contribution >= 0.6 is 11.6 Å². The Morgan fingerprint density at radius 1 is 0.906 bits per heavy atom. The number of para-hydroxylation sites is 1. The van der Waals surface area contributed by atoms with Crippen molar-refractivity contribution < 1.29 is 4.42 Å². The third-order valence-corrected chi connectivity index (χ3v) is 5.75. The first-order chi connectivity index (χ1) is 15.5. The average molecular weight is 442 g/mol. The van der Waals surface area contributed by atoms with E-state index in [0.29, 0.717) is 27.4 Å². The van der Waals surface area contributed by atoms with Crippen molar-refractivity contribution in [2.45, 2.75) is 6.92 Å². The SMILES string of the molecule is Cc1c(N=c2cc(-c3ccccc3)oc3ccc(Cl)cc23)c(=O)n(-c2ccccc2)n1C. The lowest BCUT2D eigenvalue weighted by atomic mass is 10.1. The van der Waals surface area contributed by atoms with Gasteiger partial charge in [0, 0.05) is 29.1 Å². The summed E-state index contributed by atoms with van der Waals surface area (Å²) < 4.78 is 9.57. The molecule has 0 amide bonds. The first kappa shape index (κ1) is 20.1. The van der Waals surface area contributed by atoms with Gasteiger partial charge >= 0.3 is 0 Å². The molecule has 32 heavy (non-hydrogen) atoms. The van der Waals surface area contributed by atoms with Gasteiger partial charge in [-0.05, 0) is 37.3 Å². The minimum atomic E-state index is -0.187. The van der Waals surface area contributed by atoms with E-state index in [9.17, 15) is 4.79 Å². The van der Waals surface area contributed by atoms with Gasteiger partial charge in [-0.25, -0.2) is 9.67 Å². The molecule has 5 nitrogen and oxygen atoms in total. The first-order valence-electron chi connectivity index (χ1n) is 10.2. The summed E-state index contributed by atoms with van der Waals surface area (Å²) in [6, 6.07) is 26.6. The van der Waals surface area contributed by atoms with Crippen LogP contribution < -0.4 is 10.9 Å². The van der Waals surface area contributed by atoms with Gasteiger partial charge in [0.1, 0.15) is 11.3 Å². The summed E-state index contributed by atoms with van der Waals surface area (Å²) in [5, 5.41) is 1.94. The van der Waals surface area contributed by atoms with Crippen molar-refractivity contribution in [2.75, 3.05) is 0 Å². The third-order valence-electron chi connectivity index (χ3n) is 5.52. The van der Waals surface area contributed by atoms with Crippen molar-refractivity contribution in [1.29, 1.82) is 0 Å². The molecule has 0 aliphatic heterocycles. The van der Waals surface area contributed by atoms with Crippen molar-refractivity contribution in [1.82, 2.24) is 9.36 Å². The van der Waals surface area contributed by atoms with Crippen molar-refractivity contribution in [2.24, 2.45) is 12.0 Å². The molecule has 6 heteroatoms. The van der Waals surface area contributed by atoms with Crippen LogP contribution in [0.3, 0.4) is 0 Å². The number of aromatic nitrogens is 2. The first-order valence-corrected chi connectivity index (χ1v) is 10.6. The number of halogens is 1. The Hall–Kier alpha value is -3.83. The van der Waals surface area contributed by atoms with Gasteiger partial charge in [0.25, 0.3) is 5.56 Å². The van der Waals surface area contributed by atoms with Crippen LogP contribution in [0.15, 0.2) is 99.1 Å². The number of fused-ring (bicyclic) bond motifs is 1. The van der Waals surface area contributed by atoms with Gasteiger partial charge in [-0.2, -0.15) is 0 Å². The van der Waals surface area contributed by atoms with Crippen molar-refractivity contribution in [3.8, 4) is 17.0 Å². The monoisotopic (exact) mass is 441 g/mol. The van der Waals surface area contributed by atoms with E-state index in [-0.39, 0.29) is 5.56 Å². The highest BCUT2D eigenvalue weighted by atomic mass is 35.5. The van der Waals surface area contributed by atoms with Crippen molar-refractivity contribution >= 4 is 28.3 Å². The molecule has 3 aromatic carbocycles. The molecule has 0 atom stereocenters. The summed E-state index contributed by atoms with van der Waals surface area (Å²) in [4.78, 5) is 18.2. The topological polar surface area (TPSA) is 52.4 Å². The van der Waals surface area contributed by atoms with Crippen LogP contribution in [0.2, 0.25) is 5.02 Å². The average Bonchev–Trinajstić information content (AvgIpc) is 3.03. The van der Waals surface area contributed by atoms with E-state index in [4.69, 9.17) is 21.0 Å². The summed E-state index contributed by atoms with van der Waals surface area (Å²) in [6.45, 7) is 1.89. The molecule has 5 rings (SSSR count). The van der Waals surface area contributed by atoms with Crippen LogP contribution in [0, 0.1) is 6.92 Å². The second-order valence-corrected chi connectivity index (χ2v) is 7.96. The molecular formula is C26H20ClN3O2. The summed E-state index contributed by atoms with van der Waals surface area (Å²) in [5.74, 6) is 0.663. The van der Waals surface area contributed by atoms with E-state index >= 15 is 0 Å². The molecule has 0 N–H and O–H groups in total. The fraction of sp³-hybridized carbons (Fsp3) is 0.0769. The Labute approximate surface area is 189 Å². The zero-order chi connectivity index (χ0) is 22.2. The Bertz CT molecular complexity index is 1560. The molecule has 0 saturated carbocycles. The molecule has 0 fully saturated rings. The summed E-state index contributed by atoms with van der Waals surface area (Å²) >= 11 is 6.27. The smallest absolute Gasteiger partial charge is 0.297 e. The summed E-state index contributed by atoms with van der Waals surface area (Å²) in [5.41, 5.74) is 3.30. The predicted molar refractivity (Wildman–Crippen MR) is 128 cm³/mol. The van der Waals surface area contributed by atoms with E-state index in [1.54, 1.807) is 10.7 Å². The number of nitrogens with zero attached hydrogens (tertiary/aromatic N) is 3. The zero-order valence-electron chi connectivity index (χ0n) is 17.6. The molecular weight excluding hydrogens is 422 g/mol. The largest absolute Gasteiger partial charge is 0.456 e. The van der Waals surface area contributed by atoms with E-state index in [2.05, 4.69) is 0 Å². The Morgan fingerprint density at radius 2 is 1.59 bits per heavy atom. The van der Waals surface area contributed by atoms with Crippen LogP contribution in [0.1, 0.15) is 5.69 Å². The van der Waals surface area contributed by atoms with Crippen LogP contribution in [-0.4, -0.2) is 9.36 Å². The highest BCUT2D eigenvalue weighted by Gasteiger charge is 2.16. The fourth-order valence-corrected chi connectivity index (χ4v) is 3.95. The van der Waals surface area contributed by atoms with Crippen LogP contribution in [0.25, 0.3) is 28.0 Å². The zero-order valence-corrected chi connectivity index (χ0v) is 18.4.